The van der Waals surface area contributed by atoms with Gasteiger partial charge in [-0.25, -0.2) is 14.8 Å². The van der Waals surface area contributed by atoms with Crippen LogP contribution in [0.3, 0.4) is 0 Å². The number of pyridine rings is 1. The Morgan fingerprint density at radius 3 is 2.44 bits per heavy atom. The number of anilines is 1. The van der Waals surface area contributed by atoms with Crippen LogP contribution in [-0.4, -0.2) is 40.5 Å². The topological polar surface area (TPSA) is 135 Å². The number of para-hydroxylation sites is 2. The number of aromatic nitrogens is 3. The number of hydrogen-bond donors (Lipinski definition) is 3. The third-order valence-electron chi connectivity index (χ3n) is 6.21. The number of nitrogens with one attached hydrogen (secondary N) is 3. The molecule has 0 aliphatic heterocycles. The lowest BCUT2D eigenvalue weighted by Crippen LogP contribution is -2.31. The number of H-pyrrole nitrogens is 1. The molecule has 0 unspecified atom stereocenters. The highest BCUT2D eigenvalue weighted by Gasteiger charge is 2.22. The number of aryl methyl sites for hydroxylation is 1. The SMILES string of the molecule is CCOC(=O)c1c(C)nc(NNC(=O)c2cccc3c(=O)c4ccccc4[nH]c23)nc1-c1ccc(OC)cc1. The maximum Gasteiger partial charge on any atom is 0.342 e. The van der Waals surface area contributed by atoms with Gasteiger partial charge >= 0.3 is 5.97 Å². The molecule has 0 fully saturated rings. The Labute approximate surface area is 223 Å². The number of amides is 1. The molecule has 0 aliphatic carbocycles. The first-order chi connectivity index (χ1) is 18.9. The number of nitrogens with zero attached hydrogens (tertiary/aromatic N) is 2. The van der Waals surface area contributed by atoms with Gasteiger partial charge in [0, 0.05) is 21.9 Å². The number of fused-ring (bicyclic) bond motifs is 2. The molecule has 0 bridgehead atoms. The van der Waals surface area contributed by atoms with Crippen LogP contribution in [0.4, 0.5) is 5.95 Å². The first-order valence-electron chi connectivity index (χ1n) is 12.2. The van der Waals surface area contributed by atoms with E-state index in [1.807, 2.05) is 6.07 Å². The minimum absolute atomic E-state index is 0.0684. The smallest absolute Gasteiger partial charge is 0.342 e. The molecule has 0 saturated heterocycles. The molecule has 2 heterocycles. The fourth-order valence-electron chi connectivity index (χ4n) is 4.35. The summed E-state index contributed by atoms with van der Waals surface area (Å²) in [5.41, 5.74) is 8.03. The number of carbonyl (C=O) groups is 2. The van der Waals surface area contributed by atoms with E-state index in [1.165, 1.54) is 0 Å². The Morgan fingerprint density at radius 1 is 0.949 bits per heavy atom. The van der Waals surface area contributed by atoms with E-state index in [0.29, 0.717) is 44.5 Å². The van der Waals surface area contributed by atoms with Crippen molar-refractivity contribution in [3.63, 3.8) is 0 Å². The molecule has 39 heavy (non-hydrogen) atoms. The minimum atomic E-state index is -0.552. The van der Waals surface area contributed by atoms with Crippen LogP contribution in [0.15, 0.2) is 71.5 Å². The molecular weight excluding hydrogens is 498 g/mol. The standard InChI is InChI=1S/C29H25N5O5/c1-4-39-28(37)23-16(2)30-29(32-24(23)17-12-14-18(38-3)15-13-17)34-33-27(36)21-10-7-9-20-25(21)31-22-11-6-5-8-19(22)26(20)35/h5-15H,4H2,1-3H3,(H,31,35)(H,33,36)(H,30,32,34). The predicted molar refractivity (Wildman–Crippen MR) is 148 cm³/mol. The van der Waals surface area contributed by atoms with E-state index in [0.717, 1.165) is 0 Å². The molecule has 1 amide bonds. The van der Waals surface area contributed by atoms with Crippen LogP contribution >= 0.6 is 0 Å². The van der Waals surface area contributed by atoms with E-state index in [2.05, 4.69) is 25.8 Å². The Hall–Kier alpha value is -5.25. The molecule has 0 aliphatic rings. The van der Waals surface area contributed by atoms with Gasteiger partial charge in [0.05, 0.1) is 36.2 Å². The molecule has 3 N–H and O–H groups in total. The third kappa shape index (κ3) is 4.87. The fourth-order valence-corrected chi connectivity index (χ4v) is 4.35. The van der Waals surface area contributed by atoms with E-state index in [-0.39, 0.29) is 29.1 Å². The summed E-state index contributed by atoms with van der Waals surface area (Å²) in [7, 11) is 1.56. The monoisotopic (exact) mass is 523 g/mol. The van der Waals surface area contributed by atoms with Crippen LogP contribution in [0, 0.1) is 6.92 Å². The number of benzene rings is 3. The summed E-state index contributed by atoms with van der Waals surface area (Å²) in [4.78, 5) is 51.0. The molecule has 0 spiro atoms. The van der Waals surface area contributed by atoms with E-state index < -0.39 is 11.9 Å². The summed E-state index contributed by atoms with van der Waals surface area (Å²) in [6.07, 6.45) is 0. The van der Waals surface area contributed by atoms with Gasteiger partial charge < -0.3 is 14.5 Å². The maximum atomic E-state index is 13.2. The maximum absolute atomic E-state index is 13.2. The number of hydrogen-bond acceptors (Lipinski definition) is 8. The van der Waals surface area contributed by atoms with Crippen LogP contribution in [-0.2, 0) is 4.74 Å². The molecule has 2 aromatic heterocycles. The fraction of sp³-hybridized carbons (Fsp3) is 0.138. The van der Waals surface area contributed by atoms with Crippen molar-refractivity contribution in [2.45, 2.75) is 13.8 Å². The van der Waals surface area contributed by atoms with Gasteiger partial charge in [-0.2, -0.15) is 0 Å². The number of ether oxygens (including phenoxy) is 2. The molecule has 3 aromatic carbocycles. The largest absolute Gasteiger partial charge is 0.497 e. The normalized spacial score (nSPS) is 10.8. The quantitative estimate of drug-likeness (QED) is 0.162. The van der Waals surface area contributed by atoms with Crippen molar-refractivity contribution in [1.82, 2.24) is 20.4 Å². The summed E-state index contributed by atoms with van der Waals surface area (Å²) in [6, 6.07) is 19.1. The molecule has 5 rings (SSSR count). The van der Waals surface area contributed by atoms with Crippen molar-refractivity contribution in [1.29, 1.82) is 0 Å². The Bertz CT molecular complexity index is 1780. The van der Waals surface area contributed by atoms with E-state index in [1.54, 1.807) is 81.6 Å². The predicted octanol–water partition coefficient (Wildman–Crippen LogP) is 4.39. The lowest BCUT2D eigenvalue weighted by atomic mass is 10.0. The van der Waals surface area contributed by atoms with Crippen molar-refractivity contribution in [3.8, 4) is 17.0 Å². The van der Waals surface area contributed by atoms with Crippen molar-refractivity contribution in [2.75, 3.05) is 19.1 Å². The lowest BCUT2D eigenvalue weighted by Gasteiger charge is -2.15. The second-order valence-corrected chi connectivity index (χ2v) is 8.61. The molecule has 10 heteroatoms. The third-order valence-corrected chi connectivity index (χ3v) is 6.21. The number of hydrazine groups is 1. The summed E-state index contributed by atoms with van der Waals surface area (Å²) >= 11 is 0. The average Bonchev–Trinajstić information content (AvgIpc) is 2.95. The van der Waals surface area contributed by atoms with Crippen LogP contribution < -0.4 is 21.0 Å². The average molecular weight is 524 g/mol. The zero-order valence-electron chi connectivity index (χ0n) is 21.5. The zero-order chi connectivity index (χ0) is 27.5. The Kier molecular flexibility index (Phi) is 6.92. The Balaban J connectivity index is 1.49. The van der Waals surface area contributed by atoms with E-state index >= 15 is 0 Å². The molecule has 0 radical (unpaired) electrons. The van der Waals surface area contributed by atoms with Crippen molar-refractivity contribution >= 4 is 39.6 Å². The van der Waals surface area contributed by atoms with Gasteiger partial charge in [0.25, 0.3) is 5.91 Å². The van der Waals surface area contributed by atoms with Gasteiger partial charge in [-0.05, 0) is 62.4 Å². The van der Waals surface area contributed by atoms with Crippen molar-refractivity contribution in [3.05, 3.63) is 93.8 Å². The first kappa shape index (κ1) is 25.4. The molecule has 0 atom stereocenters. The van der Waals surface area contributed by atoms with Gasteiger partial charge in [-0.1, -0.05) is 18.2 Å². The van der Waals surface area contributed by atoms with Crippen LogP contribution in [0.2, 0.25) is 0 Å². The molecular formula is C29H25N5O5. The van der Waals surface area contributed by atoms with Gasteiger partial charge in [-0.3, -0.25) is 20.4 Å². The highest BCUT2D eigenvalue weighted by atomic mass is 16.5. The number of methoxy groups -OCH3 is 1. The summed E-state index contributed by atoms with van der Waals surface area (Å²) < 4.78 is 10.5. The number of rotatable bonds is 7. The molecule has 0 saturated carbocycles. The summed E-state index contributed by atoms with van der Waals surface area (Å²) in [5.74, 6) is -0.343. The Morgan fingerprint density at radius 2 is 1.69 bits per heavy atom. The summed E-state index contributed by atoms with van der Waals surface area (Å²) in [6.45, 7) is 3.57. The van der Waals surface area contributed by atoms with E-state index in [4.69, 9.17) is 9.47 Å². The zero-order valence-corrected chi connectivity index (χ0v) is 21.5. The van der Waals surface area contributed by atoms with Crippen LogP contribution in [0.1, 0.15) is 33.3 Å². The van der Waals surface area contributed by atoms with Gasteiger partial charge in [0.15, 0.2) is 5.43 Å². The van der Waals surface area contributed by atoms with Crippen molar-refractivity contribution < 1.29 is 19.1 Å². The number of carbonyl (C=O) groups excluding carboxylic acids is 2. The summed E-state index contributed by atoms with van der Waals surface area (Å²) in [5, 5.41) is 0.936. The highest BCUT2D eigenvalue weighted by Crippen LogP contribution is 2.27. The molecule has 10 nitrogen and oxygen atoms in total. The minimum Gasteiger partial charge on any atom is -0.497 e. The van der Waals surface area contributed by atoms with Crippen LogP contribution in [0.5, 0.6) is 5.75 Å². The number of aromatic amines is 1. The van der Waals surface area contributed by atoms with Crippen molar-refractivity contribution in [2.24, 2.45) is 0 Å². The second kappa shape index (κ2) is 10.6. The van der Waals surface area contributed by atoms with Gasteiger partial charge in [0.1, 0.15) is 11.3 Å². The lowest BCUT2D eigenvalue weighted by molar-refractivity contribution is 0.0525. The molecule has 196 valence electrons. The van der Waals surface area contributed by atoms with Gasteiger partial charge in [-0.15, -0.1) is 0 Å². The molecule has 5 aromatic rings. The highest BCUT2D eigenvalue weighted by molar-refractivity contribution is 6.08. The number of esters is 1. The first-order valence-corrected chi connectivity index (χ1v) is 12.2. The van der Waals surface area contributed by atoms with Gasteiger partial charge in [0.2, 0.25) is 5.95 Å². The second-order valence-electron chi connectivity index (χ2n) is 8.61. The van der Waals surface area contributed by atoms with Crippen LogP contribution in [0.25, 0.3) is 33.1 Å². The van der Waals surface area contributed by atoms with E-state index in [9.17, 15) is 14.4 Å².